The van der Waals surface area contributed by atoms with Gasteiger partial charge in [0.05, 0.1) is 59.5 Å². The number of nitrogens with zero attached hydrogens (tertiary/aromatic N) is 2. The molecule has 6 rings (SSSR count). The summed E-state index contributed by atoms with van der Waals surface area (Å²) >= 11 is 18.6. The third kappa shape index (κ3) is 44.1. The maximum absolute atomic E-state index is 13.4. The van der Waals surface area contributed by atoms with Crippen molar-refractivity contribution in [1.82, 2.24) is 31.1 Å². The van der Waals surface area contributed by atoms with Crippen molar-refractivity contribution in [1.29, 1.82) is 0 Å². The molecular formula is C85H142Cl3N7O11. The Balaban J connectivity index is 0.000000391. The fraction of sp³-hybridized carbons (Fsp3) is 0.729. The van der Waals surface area contributed by atoms with Gasteiger partial charge in [-0.15, -0.1) is 0 Å². The summed E-state index contributed by atoms with van der Waals surface area (Å²) in [6.45, 7) is 16.7. The van der Waals surface area contributed by atoms with Crippen molar-refractivity contribution >= 4 is 64.9 Å². The van der Waals surface area contributed by atoms with E-state index in [0.717, 1.165) is 99.0 Å². The van der Waals surface area contributed by atoms with Crippen LogP contribution in [-0.4, -0.2) is 146 Å². The molecular weight excluding hydrogens is 1400 g/mol. The van der Waals surface area contributed by atoms with E-state index in [9.17, 15) is 24.0 Å². The lowest BCUT2D eigenvalue weighted by Crippen LogP contribution is -2.36. The molecule has 3 fully saturated rings. The molecule has 0 aromatic heterocycles. The molecule has 3 aromatic rings. The van der Waals surface area contributed by atoms with Gasteiger partial charge in [-0.05, 0) is 154 Å². The van der Waals surface area contributed by atoms with E-state index >= 15 is 0 Å². The first kappa shape index (κ1) is 95.3. The van der Waals surface area contributed by atoms with Crippen LogP contribution in [0.15, 0.2) is 72.8 Å². The van der Waals surface area contributed by atoms with Crippen LogP contribution in [0.4, 0.5) is 14.4 Å². The number of hydrogen-bond acceptors (Lipinski definition) is 13. The molecule has 5 amide bonds. The summed E-state index contributed by atoms with van der Waals surface area (Å²) in [5.41, 5.74) is 9.05. The van der Waals surface area contributed by atoms with Crippen molar-refractivity contribution in [3.8, 4) is 0 Å². The van der Waals surface area contributed by atoms with Crippen molar-refractivity contribution in [2.75, 3.05) is 101 Å². The Bertz CT molecular complexity index is 2630. The molecule has 0 radical (unpaired) electrons. The van der Waals surface area contributed by atoms with Gasteiger partial charge in [-0.25, -0.2) is 14.4 Å². The number of methoxy groups -OCH3 is 3. The molecule has 21 heteroatoms. The number of carbonyl (C=O) groups is 5. The van der Waals surface area contributed by atoms with Crippen LogP contribution in [0.1, 0.15) is 282 Å². The average molecular weight is 1540 g/mol. The Morgan fingerprint density at radius 1 is 0.443 bits per heavy atom. The summed E-state index contributed by atoms with van der Waals surface area (Å²) < 4.78 is 32.0. The van der Waals surface area contributed by atoms with Crippen LogP contribution in [0.25, 0.3) is 0 Å². The maximum atomic E-state index is 13.4. The minimum Gasteiger partial charge on any atom is -0.453 e. The van der Waals surface area contributed by atoms with Gasteiger partial charge < -0.3 is 65.2 Å². The molecule has 3 aliphatic rings. The Morgan fingerprint density at radius 2 is 0.811 bits per heavy atom. The molecule has 0 heterocycles. The lowest BCUT2D eigenvalue weighted by Gasteiger charge is -2.29. The van der Waals surface area contributed by atoms with Gasteiger partial charge in [0.2, 0.25) is 11.8 Å². The zero-order valence-corrected chi connectivity index (χ0v) is 69.1. The number of amides is 5. The maximum Gasteiger partial charge on any atom is 0.406 e. The van der Waals surface area contributed by atoms with Crippen molar-refractivity contribution < 1.29 is 52.4 Å². The molecule has 3 saturated carbocycles. The standard InChI is InChI=1S/C29H47ClN2O4.C28H46ClN3O4.C17H26ClNO3.C11H23N/c1-4-10-24(20-23-11-7-6-8-12-23)21-28(33)32(17-5-2)18-15-27(25-13-9-14-26(30)22-25)36-19-16-31-29(34)35-3;1-4-15-32(27(33)19-23(21-30-2)18-22-9-6-5-7-10-22)16-13-26(24-11-8-12-25(29)20-24)36-17-14-31-28(34)35-3;1-3-4-5-6-10-16(14-8-7-9-15(18)13-14)22-12-11-19-17(20)21-2;1-2-6-11(12)9-10-7-4-3-5-8-10/h9,13-14,22-24,27H,4-8,10-12,15-21H2,1-3H3,(H,31,34);8,11-12,20,22-23,26,30H,4-7,9-10,13-19,21H2,1-3H3,(H,31,34);7-9,13,16H,3-6,10-12H2,1-2H3,(H,19,20);10-11H,2-9,12H2,1H3/t24-,27-;23-,26-;;11-/m11.1/s1. The number of halogens is 3. The van der Waals surface area contributed by atoms with Crippen LogP contribution in [0, 0.1) is 29.6 Å². The Morgan fingerprint density at radius 3 is 1.16 bits per heavy atom. The molecule has 3 aromatic carbocycles. The summed E-state index contributed by atoms with van der Waals surface area (Å²) in [7, 11) is 5.99. The summed E-state index contributed by atoms with van der Waals surface area (Å²) in [6, 6.07) is 23.6. The second-order valence-corrected chi connectivity index (χ2v) is 30.8. The van der Waals surface area contributed by atoms with Crippen molar-refractivity contribution in [2.45, 2.75) is 271 Å². The first-order valence-electron chi connectivity index (χ1n) is 40.9. The van der Waals surface area contributed by atoms with Gasteiger partial charge >= 0.3 is 18.3 Å². The van der Waals surface area contributed by atoms with Crippen molar-refractivity contribution in [2.24, 2.45) is 35.3 Å². The zero-order chi connectivity index (χ0) is 77.4. The minimum atomic E-state index is -0.484. The number of carbonyl (C=O) groups excluding carboxylic acids is 5. The van der Waals surface area contributed by atoms with E-state index in [1.54, 1.807) is 0 Å². The number of ether oxygens (including phenoxy) is 6. The largest absolute Gasteiger partial charge is 0.453 e. The molecule has 6 N–H and O–H groups in total. The number of rotatable bonds is 46. The summed E-state index contributed by atoms with van der Waals surface area (Å²) in [4.78, 5) is 64.6. The average Bonchev–Trinajstić information content (AvgIpc) is 0.887. The molecule has 0 bridgehead atoms. The van der Waals surface area contributed by atoms with E-state index < -0.39 is 18.3 Å². The van der Waals surface area contributed by atoms with Crippen LogP contribution < -0.4 is 27.0 Å². The second kappa shape index (κ2) is 60.8. The van der Waals surface area contributed by atoms with E-state index in [1.165, 1.54) is 163 Å². The molecule has 18 nitrogen and oxygen atoms in total. The van der Waals surface area contributed by atoms with Gasteiger partial charge in [0.1, 0.15) is 0 Å². The lowest BCUT2D eigenvalue weighted by molar-refractivity contribution is -0.133. The predicted molar refractivity (Wildman–Crippen MR) is 435 cm³/mol. The number of hydrogen-bond donors (Lipinski definition) is 5. The molecule has 1 unspecified atom stereocenters. The quantitative estimate of drug-likeness (QED) is 0.0263. The van der Waals surface area contributed by atoms with E-state index in [2.05, 4.69) is 70.1 Å². The molecule has 6 atom stereocenters. The highest BCUT2D eigenvalue weighted by molar-refractivity contribution is 6.31. The topological polar surface area (TPSA) is 221 Å². The van der Waals surface area contributed by atoms with E-state index in [0.29, 0.717) is 111 Å². The van der Waals surface area contributed by atoms with Crippen LogP contribution in [0.2, 0.25) is 15.1 Å². The van der Waals surface area contributed by atoms with Gasteiger partial charge in [-0.1, -0.05) is 247 Å². The van der Waals surface area contributed by atoms with Gasteiger partial charge in [0.25, 0.3) is 0 Å². The Kier molecular flexibility index (Phi) is 54.7. The normalized spacial score (nSPS) is 15.7. The van der Waals surface area contributed by atoms with Crippen molar-refractivity contribution in [3.63, 3.8) is 0 Å². The predicted octanol–water partition coefficient (Wildman–Crippen LogP) is 20.5. The number of nitrogens with one attached hydrogen (secondary N) is 4. The third-order valence-electron chi connectivity index (χ3n) is 20.5. The van der Waals surface area contributed by atoms with Crippen LogP contribution >= 0.6 is 34.8 Å². The van der Waals surface area contributed by atoms with Gasteiger partial charge in [0.15, 0.2) is 0 Å². The Labute approximate surface area is 655 Å². The highest BCUT2D eigenvalue weighted by atomic mass is 35.5. The highest BCUT2D eigenvalue weighted by Crippen LogP contribution is 2.35. The SMILES string of the molecule is CCCCCCC(OCCNC(=O)OC)c1cccc(Cl)c1.CCCN(CC[C@@H](OCCNC(=O)OC)c1cccc(Cl)c1)C(=O)C[C@H](CNC)CC1CCCCC1.CCC[C@@H](CC(=O)N(CCC)CC[C@@H](OCCNC(=O)OC)c1cccc(Cl)c1)CC1CCCCC1.CCC[C@@H](N)CC1CCCCC1. The summed E-state index contributed by atoms with van der Waals surface area (Å²) in [5.74, 6) is 3.85. The number of nitrogens with two attached hydrogens (primary N) is 1. The molecule has 0 saturated heterocycles. The Hall–Kier alpha value is -4.92. The summed E-state index contributed by atoms with van der Waals surface area (Å²) in [6.07, 6.45) is 37.2. The van der Waals surface area contributed by atoms with Gasteiger partial charge in [-0.2, -0.15) is 0 Å². The van der Waals surface area contributed by atoms with Gasteiger partial charge in [-0.3, -0.25) is 9.59 Å². The van der Waals surface area contributed by atoms with Crippen molar-refractivity contribution in [3.05, 3.63) is 105 Å². The van der Waals surface area contributed by atoms with Crippen LogP contribution in [-0.2, 0) is 38.0 Å². The molecule has 3 aliphatic carbocycles. The number of benzene rings is 3. The van der Waals surface area contributed by atoms with Crippen LogP contribution in [0.5, 0.6) is 0 Å². The van der Waals surface area contributed by atoms with E-state index in [4.69, 9.17) is 54.7 Å². The molecule has 604 valence electrons. The lowest BCUT2D eigenvalue weighted by atomic mass is 9.80. The van der Waals surface area contributed by atoms with Crippen LogP contribution in [0.3, 0.4) is 0 Å². The fourth-order valence-corrected chi connectivity index (χ4v) is 15.7. The molecule has 0 spiro atoms. The number of unbranched alkanes of at least 4 members (excludes halogenated alkanes) is 3. The third-order valence-corrected chi connectivity index (χ3v) is 21.2. The first-order valence-corrected chi connectivity index (χ1v) is 42.1. The zero-order valence-electron chi connectivity index (χ0n) is 66.8. The summed E-state index contributed by atoms with van der Waals surface area (Å²) in [5, 5.41) is 13.2. The monoisotopic (exact) mass is 1540 g/mol. The molecule has 106 heavy (non-hydrogen) atoms. The van der Waals surface area contributed by atoms with E-state index in [-0.39, 0.29) is 30.1 Å². The smallest absolute Gasteiger partial charge is 0.406 e. The number of alkyl carbamates (subject to hydrolysis) is 3. The first-order chi connectivity index (χ1) is 51.4. The van der Waals surface area contributed by atoms with E-state index in [1.807, 2.05) is 89.6 Å². The minimum absolute atomic E-state index is 0.00926. The fourth-order valence-electron chi connectivity index (χ4n) is 15.1. The molecule has 0 aliphatic heterocycles. The van der Waals surface area contributed by atoms with Gasteiger partial charge in [0, 0.05) is 79.8 Å². The second-order valence-electron chi connectivity index (χ2n) is 29.4. The highest BCUT2D eigenvalue weighted by Gasteiger charge is 2.27.